The van der Waals surface area contributed by atoms with Crippen molar-refractivity contribution in [1.82, 2.24) is 0 Å². The summed E-state index contributed by atoms with van der Waals surface area (Å²) in [5.41, 5.74) is 0. The van der Waals surface area contributed by atoms with Gasteiger partial charge in [-0.25, -0.2) is 0 Å². The minimum absolute atomic E-state index is 0.510. The van der Waals surface area contributed by atoms with Crippen LogP contribution in [-0.2, 0) is 4.74 Å². The van der Waals surface area contributed by atoms with Crippen LogP contribution in [0, 0.1) is 12.3 Å². The zero-order valence-corrected chi connectivity index (χ0v) is 4.18. The third-order valence-corrected chi connectivity index (χ3v) is 1.01. The molecule has 0 amide bonds. The molecule has 1 heterocycles. The van der Waals surface area contributed by atoms with Crippen LogP contribution in [0.1, 0.15) is 12.8 Å². The summed E-state index contributed by atoms with van der Waals surface area (Å²) in [5.74, 6) is 2.56. The number of terminal acetylenes is 1. The van der Waals surface area contributed by atoms with Crippen LogP contribution in [0.2, 0.25) is 0 Å². The van der Waals surface area contributed by atoms with Crippen LogP contribution in [0.4, 0.5) is 0 Å². The zero-order chi connectivity index (χ0) is 5.11. The van der Waals surface area contributed by atoms with Gasteiger partial charge in [-0.15, -0.1) is 12.3 Å². The fraction of sp³-hybridized carbons (Fsp3) is 0.667. The van der Waals surface area contributed by atoms with Gasteiger partial charge in [0, 0.05) is 6.42 Å². The van der Waals surface area contributed by atoms with E-state index in [2.05, 4.69) is 5.92 Å². The normalized spacial score (nSPS) is 26.4. The SMILES string of the molecule is C#CCC[C@H]1CO1. The Morgan fingerprint density at radius 1 is 1.86 bits per heavy atom. The molecule has 1 aliphatic rings. The molecule has 0 saturated carbocycles. The summed E-state index contributed by atoms with van der Waals surface area (Å²) in [4.78, 5) is 0. The molecule has 1 rings (SSSR count). The lowest BCUT2D eigenvalue weighted by atomic mass is 10.3. The van der Waals surface area contributed by atoms with Crippen molar-refractivity contribution in [3.8, 4) is 12.3 Å². The highest BCUT2D eigenvalue weighted by Gasteiger charge is 2.20. The van der Waals surface area contributed by atoms with Gasteiger partial charge in [-0.05, 0) is 6.42 Å². The number of epoxide rings is 1. The molecule has 0 aliphatic carbocycles. The van der Waals surface area contributed by atoms with Gasteiger partial charge in [-0.2, -0.15) is 0 Å². The van der Waals surface area contributed by atoms with Crippen LogP contribution in [0.25, 0.3) is 0 Å². The average Bonchev–Trinajstić information content (AvgIpc) is 2.42. The Bertz CT molecular complexity index is 86.8. The van der Waals surface area contributed by atoms with E-state index in [1.165, 1.54) is 0 Å². The van der Waals surface area contributed by atoms with Crippen LogP contribution in [0.3, 0.4) is 0 Å². The first-order valence-electron chi connectivity index (χ1n) is 2.48. The minimum Gasteiger partial charge on any atom is -0.373 e. The molecule has 0 N–H and O–H groups in total. The van der Waals surface area contributed by atoms with Crippen molar-refractivity contribution in [2.75, 3.05) is 6.61 Å². The van der Waals surface area contributed by atoms with Crippen molar-refractivity contribution in [2.24, 2.45) is 0 Å². The molecule has 0 bridgehead atoms. The molecule has 1 fully saturated rings. The summed E-state index contributed by atoms with van der Waals surface area (Å²) >= 11 is 0. The van der Waals surface area contributed by atoms with Crippen LogP contribution >= 0.6 is 0 Å². The van der Waals surface area contributed by atoms with Gasteiger partial charge in [0.1, 0.15) is 0 Å². The topological polar surface area (TPSA) is 12.5 Å². The first kappa shape index (κ1) is 4.67. The van der Waals surface area contributed by atoms with Gasteiger partial charge in [-0.3, -0.25) is 0 Å². The van der Waals surface area contributed by atoms with E-state index in [1.807, 2.05) is 0 Å². The lowest BCUT2D eigenvalue weighted by molar-refractivity contribution is 0.399. The second-order valence-electron chi connectivity index (χ2n) is 1.70. The highest BCUT2D eigenvalue weighted by Crippen LogP contribution is 2.14. The van der Waals surface area contributed by atoms with Crippen LogP contribution in [0.5, 0.6) is 0 Å². The molecule has 0 aromatic heterocycles. The molecule has 1 nitrogen and oxygen atoms in total. The maximum Gasteiger partial charge on any atom is 0.0819 e. The van der Waals surface area contributed by atoms with Crippen LogP contribution in [0.15, 0.2) is 0 Å². The van der Waals surface area contributed by atoms with E-state index >= 15 is 0 Å². The van der Waals surface area contributed by atoms with Gasteiger partial charge in [-0.1, -0.05) is 0 Å². The summed E-state index contributed by atoms with van der Waals surface area (Å²) in [5, 5.41) is 0. The summed E-state index contributed by atoms with van der Waals surface area (Å²) in [7, 11) is 0. The summed E-state index contributed by atoms with van der Waals surface area (Å²) in [6, 6.07) is 0. The molecule has 1 heteroatoms. The molecule has 38 valence electrons. The van der Waals surface area contributed by atoms with E-state index in [9.17, 15) is 0 Å². The molecule has 0 unspecified atom stereocenters. The average molecular weight is 96.1 g/mol. The van der Waals surface area contributed by atoms with Gasteiger partial charge >= 0.3 is 0 Å². The summed E-state index contributed by atoms with van der Waals surface area (Å²) in [6.07, 6.45) is 7.43. The van der Waals surface area contributed by atoms with Gasteiger partial charge in [0.2, 0.25) is 0 Å². The van der Waals surface area contributed by atoms with Crippen molar-refractivity contribution in [3.63, 3.8) is 0 Å². The van der Waals surface area contributed by atoms with E-state index in [0.29, 0.717) is 6.10 Å². The second kappa shape index (κ2) is 1.99. The van der Waals surface area contributed by atoms with E-state index < -0.39 is 0 Å². The molecule has 7 heavy (non-hydrogen) atoms. The molecule has 0 aromatic rings. The predicted molar refractivity (Wildman–Crippen MR) is 27.8 cm³/mol. The van der Waals surface area contributed by atoms with Gasteiger partial charge < -0.3 is 4.74 Å². The Balaban J connectivity index is 1.91. The maximum atomic E-state index is 5.00. The Morgan fingerprint density at radius 3 is 3.00 bits per heavy atom. The van der Waals surface area contributed by atoms with Crippen molar-refractivity contribution >= 4 is 0 Å². The highest BCUT2D eigenvalue weighted by atomic mass is 16.6. The first-order chi connectivity index (χ1) is 3.43. The molecule has 0 radical (unpaired) electrons. The number of rotatable bonds is 2. The molecular formula is C6H8O. The monoisotopic (exact) mass is 96.1 g/mol. The smallest absolute Gasteiger partial charge is 0.0819 e. The quantitative estimate of drug-likeness (QED) is 0.366. The van der Waals surface area contributed by atoms with Crippen molar-refractivity contribution in [2.45, 2.75) is 18.9 Å². The second-order valence-corrected chi connectivity index (χ2v) is 1.70. The molecule has 0 spiro atoms. The number of hydrogen-bond donors (Lipinski definition) is 0. The number of ether oxygens (including phenoxy) is 1. The fourth-order valence-electron chi connectivity index (χ4n) is 0.479. The Morgan fingerprint density at radius 2 is 2.57 bits per heavy atom. The molecule has 1 atom stereocenters. The fourth-order valence-corrected chi connectivity index (χ4v) is 0.479. The van der Waals surface area contributed by atoms with E-state index in [0.717, 1.165) is 19.4 Å². The van der Waals surface area contributed by atoms with Crippen molar-refractivity contribution < 1.29 is 4.74 Å². The van der Waals surface area contributed by atoms with Crippen molar-refractivity contribution in [1.29, 1.82) is 0 Å². The Labute approximate surface area is 43.7 Å². The van der Waals surface area contributed by atoms with E-state index in [1.54, 1.807) is 0 Å². The van der Waals surface area contributed by atoms with E-state index in [4.69, 9.17) is 11.2 Å². The third kappa shape index (κ3) is 1.61. The van der Waals surface area contributed by atoms with E-state index in [-0.39, 0.29) is 0 Å². The molecule has 1 aliphatic heterocycles. The molecule has 1 saturated heterocycles. The standard InChI is InChI=1S/C6H8O/c1-2-3-4-6-5-7-6/h1,6H,3-5H2/t6-/m0/s1. The van der Waals surface area contributed by atoms with Crippen molar-refractivity contribution in [3.05, 3.63) is 0 Å². The van der Waals surface area contributed by atoms with Gasteiger partial charge in [0.25, 0.3) is 0 Å². The Kier molecular flexibility index (Phi) is 1.33. The predicted octanol–water partition coefficient (Wildman–Crippen LogP) is 0.799. The lowest BCUT2D eigenvalue weighted by Crippen LogP contribution is -1.80. The number of hydrogen-bond acceptors (Lipinski definition) is 1. The Hall–Kier alpha value is -0.480. The van der Waals surface area contributed by atoms with Crippen LogP contribution in [-0.4, -0.2) is 12.7 Å². The highest BCUT2D eigenvalue weighted by molar-refractivity contribution is 4.86. The van der Waals surface area contributed by atoms with Crippen LogP contribution < -0.4 is 0 Å². The summed E-state index contributed by atoms with van der Waals surface area (Å²) < 4.78 is 4.92. The molecular weight excluding hydrogens is 88.1 g/mol. The zero-order valence-electron chi connectivity index (χ0n) is 4.18. The van der Waals surface area contributed by atoms with Gasteiger partial charge in [0.05, 0.1) is 12.7 Å². The molecule has 0 aromatic carbocycles. The third-order valence-electron chi connectivity index (χ3n) is 1.01. The first-order valence-corrected chi connectivity index (χ1v) is 2.48. The van der Waals surface area contributed by atoms with Gasteiger partial charge in [0.15, 0.2) is 0 Å². The minimum atomic E-state index is 0.510. The lowest BCUT2D eigenvalue weighted by Gasteiger charge is -1.80. The maximum absolute atomic E-state index is 5.00. The largest absolute Gasteiger partial charge is 0.373 e. The summed E-state index contributed by atoms with van der Waals surface area (Å²) in [6.45, 7) is 0.932.